The molecule has 2 aromatic rings. The topological polar surface area (TPSA) is 64.7 Å². The molecule has 6 nitrogen and oxygen atoms in total. The van der Waals surface area contributed by atoms with E-state index in [-0.39, 0.29) is 24.3 Å². The molecule has 166 valence electrons. The second kappa shape index (κ2) is 10.4. The van der Waals surface area contributed by atoms with E-state index in [9.17, 15) is 9.59 Å². The van der Waals surface area contributed by atoms with Gasteiger partial charge in [0.05, 0.1) is 12.5 Å². The van der Waals surface area contributed by atoms with Crippen LogP contribution in [0.4, 0.5) is 0 Å². The zero-order valence-corrected chi connectivity index (χ0v) is 19.0. The molecular weight excluding hydrogens is 408 g/mol. The summed E-state index contributed by atoms with van der Waals surface area (Å²) in [6, 6.07) is 12.4. The summed E-state index contributed by atoms with van der Waals surface area (Å²) in [7, 11) is 0. The molecule has 1 unspecified atom stereocenters. The van der Waals surface area contributed by atoms with Gasteiger partial charge in [0, 0.05) is 50.2 Å². The normalized spacial score (nSPS) is 21.1. The lowest BCUT2D eigenvalue weighted by Crippen LogP contribution is -2.56. The van der Waals surface area contributed by atoms with E-state index in [0.717, 1.165) is 39.0 Å². The molecule has 2 N–H and O–H groups in total. The van der Waals surface area contributed by atoms with Gasteiger partial charge in [0.25, 0.3) is 0 Å². The number of amides is 2. The molecule has 0 bridgehead atoms. The van der Waals surface area contributed by atoms with Crippen molar-refractivity contribution in [3.05, 3.63) is 57.8 Å². The zero-order chi connectivity index (χ0) is 21.6. The first-order chi connectivity index (χ1) is 15.1. The molecule has 7 heteroatoms. The molecule has 0 spiro atoms. The number of piperidine rings is 1. The maximum atomic E-state index is 12.8. The molecule has 1 atom stereocenters. The Morgan fingerprint density at radius 3 is 2.74 bits per heavy atom. The number of likely N-dealkylation sites (tertiary alicyclic amines) is 1. The Bertz CT molecular complexity index is 877. The summed E-state index contributed by atoms with van der Waals surface area (Å²) in [6.45, 7) is 7.13. The van der Waals surface area contributed by atoms with Crippen LogP contribution in [0.15, 0.2) is 41.8 Å². The van der Waals surface area contributed by atoms with Crippen LogP contribution in [0.2, 0.25) is 0 Å². The van der Waals surface area contributed by atoms with Crippen LogP contribution in [0.1, 0.15) is 35.3 Å². The number of hydrogen-bond acceptors (Lipinski definition) is 5. The van der Waals surface area contributed by atoms with Crippen LogP contribution in [0.5, 0.6) is 0 Å². The van der Waals surface area contributed by atoms with Gasteiger partial charge in [-0.05, 0) is 36.8 Å². The van der Waals surface area contributed by atoms with Crippen molar-refractivity contribution in [3.63, 3.8) is 0 Å². The van der Waals surface area contributed by atoms with Crippen LogP contribution in [-0.2, 0) is 22.7 Å². The highest BCUT2D eigenvalue weighted by molar-refractivity contribution is 7.09. The Balaban J connectivity index is 1.27. The summed E-state index contributed by atoms with van der Waals surface area (Å²) in [5.41, 5.74) is 2.39. The van der Waals surface area contributed by atoms with Crippen molar-refractivity contribution in [1.82, 2.24) is 20.4 Å². The number of thiophene rings is 1. The molecule has 0 aliphatic carbocycles. The molecule has 3 heterocycles. The fourth-order valence-corrected chi connectivity index (χ4v) is 5.28. The summed E-state index contributed by atoms with van der Waals surface area (Å²) < 4.78 is 0. The van der Waals surface area contributed by atoms with Crippen molar-refractivity contribution >= 4 is 23.2 Å². The van der Waals surface area contributed by atoms with E-state index in [0.29, 0.717) is 13.1 Å². The van der Waals surface area contributed by atoms with E-state index in [4.69, 9.17) is 0 Å². The summed E-state index contributed by atoms with van der Waals surface area (Å²) in [5, 5.41) is 8.24. The summed E-state index contributed by atoms with van der Waals surface area (Å²) in [6.07, 6.45) is 2.13. The lowest BCUT2D eigenvalue weighted by Gasteiger charge is -2.36. The van der Waals surface area contributed by atoms with E-state index >= 15 is 0 Å². The van der Waals surface area contributed by atoms with Crippen LogP contribution in [0, 0.1) is 6.92 Å². The van der Waals surface area contributed by atoms with Crippen LogP contribution >= 0.6 is 11.3 Å². The van der Waals surface area contributed by atoms with Gasteiger partial charge < -0.3 is 10.6 Å². The minimum absolute atomic E-state index is 0.0204. The first kappa shape index (κ1) is 22.0. The van der Waals surface area contributed by atoms with Gasteiger partial charge in [-0.1, -0.05) is 35.9 Å². The largest absolute Gasteiger partial charge is 0.353 e. The smallest absolute Gasteiger partial charge is 0.237 e. The quantitative estimate of drug-likeness (QED) is 0.695. The molecule has 4 rings (SSSR count). The number of carbonyl (C=O) groups is 2. The Morgan fingerprint density at radius 2 is 2.00 bits per heavy atom. The van der Waals surface area contributed by atoms with Crippen LogP contribution in [0.25, 0.3) is 0 Å². The molecule has 2 aliphatic heterocycles. The average Bonchev–Trinajstić information content (AvgIpc) is 3.25. The Morgan fingerprint density at radius 1 is 1.16 bits per heavy atom. The number of rotatable bonds is 7. The lowest BCUT2D eigenvalue weighted by atomic mass is 10.0. The van der Waals surface area contributed by atoms with Crippen molar-refractivity contribution < 1.29 is 9.59 Å². The highest BCUT2D eigenvalue weighted by Crippen LogP contribution is 2.18. The number of benzene rings is 1. The standard InChI is InChI=1S/C24H32N4O2S/c1-18-4-2-5-19(14-18)16-28-12-9-25-24(30)22(28)15-23(29)26-20-7-10-27(11-8-20)17-21-6-3-13-31-21/h2-6,13-14,20,22H,7-12,15-17H2,1H3,(H,25,30)(H,26,29). The molecule has 2 amide bonds. The van der Waals surface area contributed by atoms with Crippen LogP contribution in [0.3, 0.4) is 0 Å². The number of piperazine rings is 1. The molecule has 1 aromatic carbocycles. The third kappa shape index (κ3) is 6.15. The van der Waals surface area contributed by atoms with Crippen LogP contribution in [-0.4, -0.2) is 59.9 Å². The minimum Gasteiger partial charge on any atom is -0.353 e. The third-order valence-corrected chi connectivity index (χ3v) is 7.06. The van der Waals surface area contributed by atoms with E-state index in [1.807, 2.05) is 6.07 Å². The van der Waals surface area contributed by atoms with E-state index < -0.39 is 6.04 Å². The monoisotopic (exact) mass is 440 g/mol. The SMILES string of the molecule is Cc1cccc(CN2CCNC(=O)C2CC(=O)NC2CCN(Cc3cccs3)CC2)c1. The second-order valence-corrected chi connectivity index (χ2v) is 9.70. The summed E-state index contributed by atoms with van der Waals surface area (Å²) >= 11 is 1.80. The maximum Gasteiger partial charge on any atom is 0.237 e. The van der Waals surface area contributed by atoms with Crippen molar-refractivity contribution in [2.45, 2.75) is 51.4 Å². The number of carbonyl (C=O) groups excluding carboxylic acids is 2. The van der Waals surface area contributed by atoms with Crippen LogP contribution < -0.4 is 10.6 Å². The molecule has 31 heavy (non-hydrogen) atoms. The predicted octanol–water partition coefficient (Wildman–Crippen LogP) is 2.53. The van der Waals surface area contributed by atoms with Crippen molar-refractivity contribution in [2.75, 3.05) is 26.2 Å². The first-order valence-electron chi connectivity index (χ1n) is 11.2. The number of nitrogens with one attached hydrogen (secondary N) is 2. The van der Waals surface area contributed by atoms with Gasteiger partial charge in [-0.25, -0.2) is 0 Å². The molecule has 1 aromatic heterocycles. The van der Waals surface area contributed by atoms with Gasteiger partial charge in [-0.3, -0.25) is 19.4 Å². The van der Waals surface area contributed by atoms with Gasteiger partial charge in [-0.2, -0.15) is 0 Å². The molecule has 0 saturated carbocycles. The molecule has 2 aliphatic rings. The van der Waals surface area contributed by atoms with E-state index in [2.05, 4.69) is 63.1 Å². The zero-order valence-electron chi connectivity index (χ0n) is 18.2. The number of hydrogen-bond donors (Lipinski definition) is 2. The predicted molar refractivity (Wildman–Crippen MR) is 124 cm³/mol. The van der Waals surface area contributed by atoms with Gasteiger partial charge in [-0.15, -0.1) is 11.3 Å². The molecule has 2 fully saturated rings. The molecular formula is C24H32N4O2S. The third-order valence-electron chi connectivity index (χ3n) is 6.20. The highest BCUT2D eigenvalue weighted by atomic mass is 32.1. The van der Waals surface area contributed by atoms with Gasteiger partial charge >= 0.3 is 0 Å². The van der Waals surface area contributed by atoms with Crippen molar-refractivity contribution in [1.29, 1.82) is 0 Å². The maximum absolute atomic E-state index is 12.8. The van der Waals surface area contributed by atoms with E-state index in [1.165, 1.54) is 16.0 Å². The highest BCUT2D eigenvalue weighted by Gasteiger charge is 2.32. The van der Waals surface area contributed by atoms with Gasteiger partial charge in [0.1, 0.15) is 0 Å². The molecule has 0 radical (unpaired) electrons. The minimum atomic E-state index is -0.409. The van der Waals surface area contributed by atoms with Crippen molar-refractivity contribution in [3.8, 4) is 0 Å². The number of nitrogens with zero attached hydrogens (tertiary/aromatic N) is 2. The van der Waals surface area contributed by atoms with E-state index in [1.54, 1.807) is 11.3 Å². The van der Waals surface area contributed by atoms with Gasteiger partial charge in [0.15, 0.2) is 0 Å². The lowest BCUT2D eigenvalue weighted by molar-refractivity contribution is -0.134. The summed E-state index contributed by atoms with van der Waals surface area (Å²) in [5.74, 6) is -0.0622. The fourth-order valence-electron chi connectivity index (χ4n) is 4.54. The Hall–Kier alpha value is -2.22. The first-order valence-corrected chi connectivity index (χ1v) is 12.1. The average molecular weight is 441 g/mol. The fraction of sp³-hybridized carbons (Fsp3) is 0.500. The molecule has 2 saturated heterocycles. The number of aryl methyl sites for hydroxylation is 1. The Kier molecular flexibility index (Phi) is 7.37. The Labute approximate surface area is 188 Å². The van der Waals surface area contributed by atoms with Gasteiger partial charge in [0.2, 0.25) is 11.8 Å². The second-order valence-electron chi connectivity index (χ2n) is 8.67. The summed E-state index contributed by atoms with van der Waals surface area (Å²) in [4.78, 5) is 31.3. The van der Waals surface area contributed by atoms with Crippen molar-refractivity contribution in [2.24, 2.45) is 0 Å².